The third-order valence-corrected chi connectivity index (χ3v) is 14.5. The van der Waals surface area contributed by atoms with Crippen LogP contribution in [0.3, 0.4) is 0 Å². The number of nitrogens with zero attached hydrogens (tertiary/aromatic N) is 8. The fraction of sp³-hybridized carbons (Fsp3) is 0.523. The molecule has 2 amide bonds. The van der Waals surface area contributed by atoms with Gasteiger partial charge in [-0.2, -0.15) is 23.4 Å². The quantitative estimate of drug-likeness (QED) is 0.0871. The molecular formula is C44H59F3N12O4S2. The van der Waals surface area contributed by atoms with Crippen molar-refractivity contribution in [2.24, 2.45) is 0 Å². The molecule has 0 bridgehead atoms. The molecule has 2 aromatic carbocycles. The fourth-order valence-electron chi connectivity index (χ4n) is 8.76. The first-order valence-electron chi connectivity index (χ1n) is 22.1. The molecule has 4 aliphatic heterocycles. The summed E-state index contributed by atoms with van der Waals surface area (Å²) in [6.45, 7) is 14.7. The summed E-state index contributed by atoms with van der Waals surface area (Å²) in [7, 11) is 3.48. The second-order valence-corrected chi connectivity index (χ2v) is 19.3. The number of carboxylic acid groups (broad SMARTS) is 1. The number of hydrogen-bond donors (Lipinski definition) is 5. The van der Waals surface area contributed by atoms with Gasteiger partial charge in [-0.25, -0.2) is 14.2 Å². The summed E-state index contributed by atoms with van der Waals surface area (Å²) in [5.41, 5.74) is 4.19. The Kier molecular flexibility index (Phi) is 16.7. The van der Waals surface area contributed by atoms with Gasteiger partial charge in [-0.3, -0.25) is 19.4 Å². The van der Waals surface area contributed by atoms with Gasteiger partial charge in [0.25, 0.3) is 0 Å². The fourth-order valence-corrected chi connectivity index (χ4v) is 10.6. The van der Waals surface area contributed by atoms with Crippen LogP contribution in [0.25, 0.3) is 11.4 Å². The number of carbonyl (C=O) groups is 3. The zero-order valence-electron chi connectivity index (χ0n) is 36.8. The van der Waals surface area contributed by atoms with Crippen molar-refractivity contribution >= 4 is 51.0 Å². The number of halogens is 3. The maximum absolute atomic E-state index is 13.0. The van der Waals surface area contributed by atoms with E-state index in [4.69, 9.17) is 20.1 Å². The number of aliphatic carboxylic acids is 1. The van der Waals surface area contributed by atoms with E-state index in [2.05, 4.69) is 86.6 Å². The van der Waals surface area contributed by atoms with E-state index in [0.717, 1.165) is 124 Å². The second-order valence-electron chi connectivity index (χ2n) is 16.6. The van der Waals surface area contributed by atoms with Gasteiger partial charge < -0.3 is 36.2 Å². The number of piperazine rings is 2. The van der Waals surface area contributed by atoms with Crippen LogP contribution >= 0.6 is 21.6 Å². The number of anilines is 2. The van der Waals surface area contributed by atoms with Crippen LogP contribution < -0.4 is 31.1 Å². The van der Waals surface area contributed by atoms with Crippen molar-refractivity contribution in [1.82, 2.24) is 50.6 Å². The number of hydrogen-bond acceptors (Lipinski definition) is 13. The molecule has 6 heterocycles. The number of nitrogens with one attached hydrogen (secondary N) is 4. The van der Waals surface area contributed by atoms with Crippen LogP contribution in [0.1, 0.15) is 24.2 Å². The first kappa shape index (κ1) is 48.1. The van der Waals surface area contributed by atoms with Crippen LogP contribution in [0.2, 0.25) is 0 Å². The average Bonchev–Trinajstić information content (AvgIpc) is 4.15. The number of para-hydroxylation sites is 2. The van der Waals surface area contributed by atoms with Crippen molar-refractivity contribution in [2.75, 3.05) is 99.8 Å². The first-order valence-corrected chi connectivity index (χ1v) is 24.6. The second kappa shape index (κ2) is 22.6. The van der Waals surface area contributed by atoms with E-state index in [1.54, 1.807) is 21.6 Å². The number of rotatable bonds is 15. The molecule has 4 saturated heterocycles. The number of carboxylic acids is 1. The van der Waals surface area contributed by atoms with E-state index in [0.29, 0.717) is 25.2 Å². The van der Waals surface area contributed by atoms with E-state index in [1.165, 1.54) is 0 Å². The highest BCUT2D eigenvalue weighted by molar-refractivity contribution is 8.76. The average molecular weight is 941 g/mol. The number of aryl methyl sites for hydroxylation is 2. The van der Waals surface area contributed by atoms with Crippen LogP contribution in [0.5, 0.6) is 0 Å². The predicted molar refractivity (Wildman–Crippen MR) is 249 cm³/mol. The highest BCUT2D eigenvalue weighted by Crippen LogP contribution is 2.27. The SMILES string of the molecule is Cc1cc(N2CCN([C@@H]3CN[C@H](C(=O)NCCSSCCNC(=O)[C@@H]4C[C@H](N5CCN(c6cc(C)nn6-c6ccccc6)CC5)CN4)C3)CC2)n(-c2ccccc2)n1.O=C(O)C(F)(F)F. The number of alkyl halides is 3. The maximum Gasteiger partial charge on any atom is 0.490 e. The largest absolute Gasteiger partial charge is 0.490 e. The van der Waals surface area contributed by atoms with Crippen molar-refractivity contribution in [3.8, 4) is 11.4 Å². The van der Waals surface area contributed by atoms with Crippen LogP contribution in [-0.2, 0) is 14.4 Å². The van der Waals surface area contributed by atoms with Crippen molar-refractivity contribution in [2.45, 2.75) is 57.0 Å². The van der Waals surface area contributed by atoms with E-state index in [1.807, 2.05) is 50.2 Å². The van der Waals surface area contributed by atoms with E-state index >= 15 is 0 Å². The Bertz CT molecular complexity index is 2030. The number of aromatic nitrogens is 4. The topological polar surface area (TPSA) is 168 Å². The lowest BCUT2D eigenvalue weighted by Crippen LogP contribution is -2.51. The molecule has 65 heavy (non-hydrogen) atoms. The third-order valence-electron chi connectivity index (χ3n) is 12.1. The van der Waals surface area contributed by atoms with Crippen LogP contribution in [-0.4, -0.2) is 173 Å². The summed E-state index contributed by atoms with van der Waals surface area (Å²) in [5, 5.41) is 29.9. The molecular weight excluding hydrogens is 882 g/mol. The van der Waals surface area contributed by atoms with Gasteiger partial charge in [0.1, 0.15) is 11.6 Å². The minimum absolute atomic E-state index is 0.0936. The summed E-state index contributed by atoms with van der Waals surface area (Å²) in [6, 6.07) is 25.4. The van der Waals surface area contributed by atoms with E-state index in [-0.39, 0.29) is 23.9 Å². The molecule has 0 saturated carbocycles. The molecule has 352 valence electrons. The minimum atomic E-state index is -5.08. The lowest BCUT2D eigenvalue weighted by Gasteiger charge is -2.38. The summed E-state index contributed by atoms with van der Waals surface area (Å²) in [5.74, 6) is 1.37. The highest BCUT2D eigenvalue weighted by atomic mass is 33.1. The zero-order chi connectivity index (χ0) is 45.9. The van der Waals surface area contributed by atoms with Crippen molar-refractivity contribution < 1.29 is 32.7 Å². The van der Waals surface area contributed by atoms with E-state index in [9.17, 15) is 22.8 Å². The Labute approximate surface area is 385 Å². The Balaban J connectivity index is 0.000000833. The molecule has 5 N–H and O–H groups in total. The van der Waals surface area contributed by atoms with Crippen LogP contribution in [0, 0.1) is 13.8 Å². The number of amides is 2. The van der Waals surface area contributed by atoms with E-state index < -0.39 is 12.1 Å². The molecule has 0 radical (unpaired) electrons. The molecule has 0 spiro atoms. The van der Waals surface area contributed by atoms with Gasteiger partial charge in [0.15, 0.2) is 0 Å². The van der Waals surface area contributed by atoms with Gasteiger partial charge in [0.2, 0.25) is 11.8 Å². The number of carbonyl (C=O) groups excluding carboxylic acids is 2. The molecule has 4 fully saturated rings. The molecule has 4 aromatic rings. The zero-order valence-corrected chi connectivity index (χ0v) is 38.4. The smallest absolute Gasteiger partial charge is 0.475 e. The Morgan fingerprint density at radius 3 is 1.38 bits per heavy atom. The third kappa shape index (κ3) is 13.0. The normalized spacial score (nSPS) is 21.8. The van der Waals surface area contributed by atoms with Crippen molar-refractivity contribution in [3.05, 3.63) is 84.2 Å². The summed E-state index contributed by atoms with van der Waals surface area (Å²) >= 11 is 0. The Hall–Kier alpha value is -4.80. The Morgan fingerprint density at radius 2 is 1.03 bits per heavy atom. The highest BCUT2D eigenvalue weighted by Gasteiger charge is 2.39. The van der Waals surface area contributed by atoms with Gasteiger partial charge in [0, 0.05) is 114 Å². The summed E-state index contributed by atoms with van der Waals surface area (Å²) in [6.07, 6.45) is -3.41. The molecule has 8 rings (SSSR count). The van der Waals surface area contributed by atoms with Gasteiger partial charge in [0.05, 0.1) is 34.8 Å². The molecule has 0 aliphatic carbocycles. The van der Waals surface area contributed by atoms with Gasteiger partial charge in [-0.15, -0.1) is 0 Å². The first-order chi connectivity index (χ1) is 31.3. The van der Waals surface area contributed by atoms with Crippen molar-refractivity contribution in [3.63, 3.8) is 0 Å². The van der Waals surface area contributed by atoms with Crippen molar-refractivity contribution in [1.29, 1.82) is 0 Å². The molecule has 21 heteroatoms. The molecule has 4 aliphatic rings. The minimum Gasteiger partial charge on any atom is -0.475 e. The maximum atomic E-state index is 13.0. The standard InChI is InChI=1S/C42H58N12O2S2.C2HF3O2/c1-31-25-39(53(47-31)33-9-5-3-6-10-33)51-19-15-49(16-20-51)35-27-37(45-29-35)41(55)43-13-23-57-58-24-14-44-42(56)38-28-36(30-46-38)50-17-21-52(22-18-50)40-26-32(2)48-54(40)34-11-7-4-8-12-34;3-2(4,5)1(6)7/h3-12,25-26,35-38,45-46H,13-24,27-30H2,1-2H3,(H,43,55)(H,44,56);(H,6,7)/t35-,36-,37-,38-;/m0./s1. The van der Waals surface area contributed by atoms with Crippen LogP contribution in [0.15, 0.2) is 72.8 Å². The summed E-state index contributed by atoms with van der Waals surface area (Å²) < 4.78 is 35.8. The molecule has 2 aromatic heterocycles. The lowest BCUT2D eigenvalue weighted by atomic mass is 10.1. The van der Waals surface area contributed by atoms with Crippen LogP contribution in [0.4, 0.5) is 24.8 Å². The Morgan fingerprint density at radius 1 is 0.662 bits per heavy atom. The molecule has 16 nitrogen and oxygen atoms in total. The lowest BCUT2D eigenvalue weighted by molar-refractivity contribution is -0.192. The van der Waals surface area contributed by atoms with Gasteiger partial charge in [-0.05, 0) is 51.0 Å². The molecule has 0 unspecified atom stereocenters. The van der Waals surface area contributed by atoms with Gasteiger partial charge >= 0.3 is 12.1 Å². The molecule has 4 atom stereocenters. The van der Waals surface area contributed by atoms with Gasteiger partial charge in [-0.1, -0.05) is 58.0 Å². The number of benzene rings is 2. The monoisotopic (exact) mass is 940 g/mol. The predicted octanol–water partition coefficient (Wildman–Crippen LogP) is 3.33. The summed E-state index contributed by atoms with van der Waals surface area (Å²) in [4.78, 5) is 44.8.